The monoisotopic (exact) mass is 280 g/mol. The van der Waals surface area contributed by atoms with E-state index in [9.17, 15) is 0 Å². The van der Waals surface area contributed by atoms with Crippen molar-refractivity contribution in [1.82, 2.24) is 14.5 Å². The summed E-state index contributed by atoms with van der Waals surface area (Å²) in [5.41, 5.74) is 1.06. The average molecular weight is 280 g/mol. The summed E-state index contributed by atoms with van der Waals surface area (Å²) in [6, 6.07) is 0.398. The molecule has 0 amide bonds. The van der Waals surface area contributed by atoms with Crippen molar-refractivity contribution < 1.29 is 4.74 Å². The Morgan fingerprint density at radius 2 is 2.26 bits per heavy atom. The van der Waals surface area contributed by atoms with Gasteiger partial charge in [-0.2, -0.15) is 0 Å². The van der Waals surface area contributed by atoms with Crippen LogP contribution in [-0.4, -0.2) is 28.3 Å². The summed E-state index contributed by atoms with van der Waals surface area (Å²) in [7, 11) is 1.71. The molecule has 0 spiro atoms. The number of aryl methyl sites for hydroxylation is 1. The Bertz CT molecular complexity index is 522. The molecule has 2 aromatic rings. The quantitative estimate of drug-likeness (QED) is 0.883. The van der Waals surface area contributed by atoms with E-state index in [0.29, 0.717) is 6.61 Å². The van der Waals surface area contributed by atoms with Crippen molar-refractivity contribution in [2.75, 3.05) is 19.0 Å². The minimum Gasteiger partial charge on any atom is -0.383 e. The first-order valence-corrected chi connectivity index (χ1v) is 7.20. The molecule has 2 aromatic heterocycles. The van der Waals surface area contributed by atoms with Crippen LogP contribution in [0.4, 0.5) is 5.95 Å². The van der Waals surface area contributed by atoms with Crippen molar-refractivity contribution >= 4 is 17.3 Å². The average Bonchev–Trinajstić information content (AvgIpc) is 2.98. The zero-order valence-electron chi connectivity index (χ0n) is 11.8. The highest BCUT2D eigenvalue weighted by Gasteiger charge is 2.14. The standard InChI is InChI=1S/C13H20N4OS/c1-9-8-19-12(15-9)11(3)16-13-14-5-6-17(13)10(2)7-18-4/h5-6,8,10-11H,7H2,1-4H3,(H,14,16). The first-order chi connectivity index (χ1) is 9.11. The van der Waals surface area contributed by atoms with Crippen LogP contribution in [0.25, 0.3) is 0 Å². The molecule has 0 fully saturated rings. The zero-order chi connectivity index (χ0) is 13.8. The predicted octanol–water partition coefficient (Wildman–Crippen LogP) is 3.03. The summed E-state index contributed by atoms with van der Waals surface area (Å²) < 4.78 is 7.27. The number of aromatic nitrogens is 3. The van der Waals surface area contributed by atoms with Gasteiger partial charge in [-0.15, -0.1) is 11.3 Å². The van der Waals surface area contributed by atoms with Crippen molar-refractivity contribution in [1.29, 1.82) is 0 Å². The smallest absolute Gasteiger partial charge is 0.203 e. The molecule has 0 aliphatic rings. The number of nitrogens with one attached hydrogen (secondary N) is 1. The third-order valence-electron chi connectivity index (χ3n) is 2.90. The van der Waals surface area contributed by atoms with Crippen LogP contribution in [0.15, 0.2) is 17.8 Å². The number of methoxy groups -OCH3 is 1. The van der Waals surface area contributed by atoms with Gasteiger partial charge in [0.1, 0.15) is 5.01 Å². The van der Waals surface area contributed by atoms with Gasteiger partial charge in [-0.3, -0.25) is 0 Å². The van der Waals surface area contributed by atoms with Crippen LogP contribution in [0.1, 0.15) is 36.6 Å². The second-order valence-electron chi connectivity index (χ2n) is 4.66. The van der Waals surface area contributed by atoms with Crippen LogP contribution in [-0.2, 0) is 4.74 Å². The lowest BCUT2D eigenvalue weighted by Crippen LogP contribution is -2.16. The van der Waals surface area contributed by atoms with Gasteiger partial charge in [0.15, 0.2) is 0 Å². The third kappa shape index (κ3) is 3.33. The highest BCUT2D eigenvalue weighted by Crippen LogP contribution is 2.23. The number of rotatable bonds is 6. The molecule has 5 nitrogen and oxygen atoms in total. The lowest BCUT2D eigenvalue weighted by molar-refractivity contribution is 0.163. The van der Waals surface area contributed by atoms with Gasteiger partial charge in [0, 0.05) is 30.6 Å². The summed E-state index contributed by atoms with van der Waals surface area (Å²) in [5.74, 6) is 0.852. The lowest BCUT2D eigenvalue weighted by Gasteiger charge is -2.18. The van der Waals surface area contributed by atoms with Crippen LogP contribution < -0.4 is 5.32 Å². The third-order valence-corrected chi connectivity index (χ3v) is 4.05. The molecule has 2 heterocycles. The Balaban J connectivity index is 2.09. The molecule has 0 radical (unpaired) electrons. The molecule has 0 aliphatic heterocycles. The topological polar surface area (TPSA) is 52.0 Å². The van der Waals surface area contributed by atoms with Crippen LogP contribution in [0.2, 0.25) is 0 Å². The molecule has 0 aliphatic carbocycles. The van der Waals surface area contributed by atoms with Crippen LogP contribution in [0, 0.1) is 6.92 Å². The molecule has 6 heteroatoms. The molecule has 0 saturated heterocycles. The number of ether oxygens (including phenoxy) is 1. The number of hydrogen-bond donors (Lipinski definition) is 1. The normalized spacial score (nSPS) is 14.3. The van der Waals surface area contributed by atoms with Crippen molar-refractivity contribution in [3.05, 3.63) is 28.5 Å². The highest BCUT2D eigenvalue weighted by molar-refractivity contribution is 7.09. The Morgan fingerprint density at radius 3 is 2.89 bits per heavy atom. The molecule has 1 N–H and O–H groups in total. The minimum atomic E-state index is 0.148. The van der Waals surface area contributed by atoms with Gasteiger partial charge in [0.05, 0.1) is 18.7 Å². The maximum Gasteiger partial charge on any atom is 0.203 e. The van der Waals surface area contributed by atoms with Gasteiger partial charge in [-0.05, 0) is 20.8 Å². The van der Waals surface area contributed by atoms with Gasteiger partial charge in [0.25, 0.3) is 0 Å². The molecular weight excluding hydrogens is 260 g/mol. The highest BCUT2D eigenvalue weighted by atomic mass is 32.1. The van der Waals surface area contributed by atoms with Crippen molar-refractivity contribution in [2.45, 2.75) is 32.9 Å². The molecule has 0 aromatic carbocycles. The summed E-state index contributed by atoms with van der Waals surface area (Å²) in [6.07, 6.45) is 3.76. The van der Waals surface area contributed by atoms with Crippen LogP contribution >= 0.6 is 11.3 Å². The number of anilines is 1. The molecule has 19 heavy (non-hydrogen) atoms. The number of hydrogen-bond acceptors (Lipinski definition) is 5. The Hall–Kier alpha value is -1.40. The van der Waals surface area contributed by atoms with E-state index >= 15 is 0 Å². The molecule has 2 rings (SSSR count). The fourth-order valence-electron chi connectivity index (χ4n) is 1.93. The van der Waals surface area contributed by atoms with E-state index in [4.69, 9.17) is 4.74 Å². The predicted molar refractivity (Wildman–Crippen MR) is 77.7 cm³/mol. The fraction of sp³-hybridized carbons (Fsp3) is 0.538. The zero-order valence-corrected chi connectivity index (χ0v) is 12.6. The van der Waals surface area contributed by atoms with Gasteiger partial charge < -0.3 is 14.6 Å². The Labute approximate surface area is 117 Å². The Kier molecular flexibility index (Phi) is 4.55. The minimum absolute atomic E-state index is 0.148. The molecule has 0 bridgehead atoms. The lowest BCUT2D eigenvalue weighted by atomic mass is 10.3. The van der Waals surface area contributed by atoms with Crippen LogP contribution in [0.3, 0.4) is 0 Å². The molecule has 104 valence electrons. The van der Waals surface area contributed by atoms with Gasteiger partial charge in [-0.1, -0.05) is 0 Å². The van der Waals surface area contributed by atoms with Crippen molar-refractivity contribution in [3.8, 4) is 0 Å². The SMILES string of the molecule is COCC(C)n1ccnc1NC(C)c1nc(C)cs1. The molecular formula is C13H20N4OS. The molecule has 2 unspecified atom stereocenters. The Morgan fingerprint density at radius 1 is 1.47 bits per heavy atom. The second-order valence-corrected chi connectivity index (χ2v) is 5.55. The van der Waals surface area contributed by atoms with Gasteiger partial charge >= 0.3 is 0 Å². The maximum atomic E-state index is 5.19. The number of nitrogens with zero attached hydrogens (tertiary/aromatic N) is 3. The van der Waals surface area contributed by atoms with Gasteiger partial charge in [-0.25, -0.2) is 9.97 Å². The summed E-state index contributed by atoms with van der Waals surface area (Å²) in [4.78, 5) is 8.86. The summed E-state index contributed by atoms with van der Waals surface area (Å²) >= 11 is 1.67. The van der Waals surface area contributed by atoms with Gasteiger partial charge in [0.2, 0.25) is 5.95 Å². The van der Waals surface area contributed by atoms with E-state index < -0.39 is 0 Å². The number of imidazole rings is 1. The first kappa shape index (κ1) is 14.0. The number of thiazole rings is 1. The van der Waals surface area contributed by atoms with Crippen LogP contribution in [0.5, 0.6) is 0 Å². The fourth-order valence-corrected chi connectivity index (χ4v) is 2.73. The first-order valence-electron chi connectivity index (χ1n) is 6.32. The summed E-state index contributed by atoms with van der Waals surface area (Å²) in [5, 5.41) is 6.54. The molecule has 2 atom stereocenters. The van der Waals surface area contributed by atoms with E-state index in [2.05, 4.69) is 39.1 Å². The van der Waals surface area contributed by atoms with E-state index in [1.807, 2.05) is 13.1 Å². The largest absolute Gasteiger partial charge is 0.383 e. The van der Waals surface area contributed by atoms with E-state index in [-0.39, 0.29) is 12.1 Å². The van der Waals surface area contributed by atoms with Crippen molar-refractivity contribution in [2.24, 2.45) is 0 Å². The van der Waals surface area contributed by atoms with E-state index in [0.717, 1.165) is 16.6 Å². The molecule has 0 saturated carbocycles. The maximum absolute atomic E-state index is 5.19. The van der Waals surface area contributed by atoms with Crippen molar-refractivity contribution in [3.63, 3.8) is 0 Å². The summed E-state index contributed by atoms with van der Waals surface area (Å²) in [6.45, 7) is 6.87. The van der Waals surface area contributed by atoms with E-state index in [1.165, 1.54) is 0 Å². The second kappa shape index (κ2) is 6.16. The van der Waals surface area contributed by atoms with E-state index in [1.54, 1.807) is 24.6 Å².